The van der Waals surface area contributed by atoms with E-state index in [1.165, 1.54) is 0 Å². The van der Waals surface area contributed by atoms with Gasteiger partial charge in [0.1, 0.15) is 12.7 Å². The van der Waals surface area contributed by atoms with Gasteiger partial charge in [0, 0.05) is 6.42 Å². The van der Waals surface area contributed by atoms with Crippen LogP contribution in [0.3, 0.4) is 0 Å². The summed E-state index contributed by atoms with van der Waals surface area (Å²) in [6, 6.07) is 0. The third kappa shape index (κ3) is 13.2. The van der Waals surface area contributed by atoms with Crippen molar-refractivity contribution in [2.24, 2.45) is 0 Å². The number of carbonyl (C=O) groups is 2. The van der Waals surface area contributed by atoms with Gasteiger partial charge in [-0.1, -0.05) is 13.8 Å². The summed E-state index contributed by atoms with van der Waals surface area (Å²) in [5, 5.41) is 33.8. The zero-order chi connectivity index (χ0) is 16.0. The van der Waals surface area contributed by atoms with Gasteiger partial charge in [-0.25, -0.2) is 4.79 Å². The fourth-order valence-electron chi connectivity index (χ4n) is 0.717. The third-order valence-electron chi connectivity index (χ3n) is 1.83. The van der Waals surface area contributed by atoms with Crippen molar-refractivity contribution in [3.8, 4) is 0 Å². The van der Waals surface area contributed by atoms with E-state index in [0.29, 0.717) is 6.42 Å². The predicted octanol–water partition coefficient (Wildman–Crippen LogP) is -1.41. The normalized spacial score (nSPS) is 12.7. The Bertz CT molecular complexity index is 256. The quantitative estimate of drug-likeness (QED) is 0.401. The number of hydrogen-bond donors (Lipinski definition) is 4. The molecule has 2 unspecified atom stereocenters. The summed E-state index contributed by atoms with van der Waals surface area (Å²) >= 11 is 0. The van der Waals surface area contributed by atoms with Gasteiger partial charge in [0.15, 0.2) is 6.10 Å². The third-order valence-corrected chi connectivity index (χ3v) is 1.83. The lowest BCUT2D eigenvalue weighted by Crippen LogP contribution is -2.26. The maximum atomic E-state index is 10.5. The van der Waals surface area contributed by atoms with Crippen molar-refractivity contribution in [1.82, 2.24) is 0 Å². The van der Waals surface area contributed by atoms with Crippen molar-refractivity contribution in [2.45, 2.75) is 38.9 Å². The van der Waals surface area contributed by atoms with E-state index in [2.05, 4.69) is 9.47 Å². The van der Waals surface area contributed by atoms with E-state index in [9.17, 15) is 9.59 Å². The highest BCUT2D eigenvalue weighted by molar-refractivity contribution is 5.74. The molecule has 8 heteroatoms. The number of aliphatic hydroxyl groups excluding tert-OH is 4. The highest BCUT2D eigenvalue weighted by Crippen LogP contribution is 1.88. The first kappa shape index (κ1) is 21.1. The van der Waals surface area contributed by atoms with Crippen LogP contribution in [0.25, 0.3) is 0 Å². The lowest BCUT2D eigenvalue weighted by molar-refractivity contribution is -0.155. The first-order valence-electron chi connectivity index (χ1n) is 6.32. The lowest BCUT2D eigenvalue weighted by atomic mass is 10.4. The molecule has 0 aliphatic carbocycles. The van der Waals surface area contributed by atoms with Crippen LogP contribution in [0.4, 0.5) is 0 Å². The fourth-order valence-corrected chi connectivity index (χ4v) is 0.717. The Labute approximate surface area is 117 Å². The van der Waals surface area contributed by atoms with Gasteiger partial charge in [0.2, 0.25) is 0 Å². The molecule has 0 bridgehead atoms. The van der Waals surface area contributed by atoms with Crippen molar-refractivity contribution < 1.29 is 39.5 Å². The van der Waals surface area contributed by atoms with E-state index in [4.69, 9.17) is 20.4 Å². The van der Waals surface area contributed by atoms with Crippen molar-refractivity contribution in [1.29, 1.82) is 0 Å². The molecule has 120 valence electrons. The van der Waals surface area contributed by atoms with Crippen LogP contribution in [0.2, 0.25) is 0 Å². The monoisotopic (exact) mass is 296 g/mol. The van der Waals surface area contributed by atoms with Gasteiger partial charge in [0.25, 0.3) is 0 Å². The van der Waals surface area contributed by atoms with Gasteiger partial charge in [-0.05, 0) is 6.42 Å². The van der Waals surface area contributed by atoms with Crippen molar-refractivity contribution >= 4 is 11.9 Å². The average molecular weight is 296 g/mol. The Morgan fingerprint density at radius 3 is 2.05 bits per heavy atom. The van der Waals surface area contributed by atoms with Crippen LogP contribution in [0.5, 0.6) is 0 Å². The van der Waals surface area contributed by atoms with E-state index in [0.717, 1.165) is 0 Å². The molecule has 0 aromatic heterocycles. The summed E-state index contributed by atoms with van der Waals surface area (Å²) in [5.41, 5.74) is 0. The molecule has 0 rings (SSSR count). The summed E-state index contributed by atoms with van der Waals surface area (Å²) < 4.78 is 8.99. The number of aliphatic hydroxyl groups is 4. The van der Waals surface area contributed by atoms with E-state index in [1.807, 2.05) is 6.92 Å². The number of rotatable bonds is 8. The average Bonchev–Trinajstić information content (AvgIpc) is 2.49. The van der Waals surface area contributed by atoms with E-state index < -0.39 is 24.8 Å². The molecule has 8 nitrogen and oxygen atoms in total. The smallest absolute Gasteiger partial charge is 0.337 e. The summed E-state index contributed by atoms with van der Waals surface area (Å²) in [4.78, 5) is 20.9. The number of esters is 2. The van der Waals surface area contributed by atoms with Crippen LogP contribution >= 0.6 is 0 Å². The molecule has 0 amide bonds. The van der Waals surface area contributed by atoms with Gasteiger partial charge in [0.05, 0.1) is 19.8 Å². The highest BCUT2D eigenvalue weighted by atomic mass is 16.6. The first-order chi connectivity index (χ1) is 9.42. The van der Waals surface area contributed by atoms with Crippen LogP contribution < -0.4 is 0 Å². The van der Waals surface area contributed by atoms with Gasteiger partial charge in [-0.15, -0.1) is 0 Å². The molecule has 4 N–H and O–H groups in total. The highest BCUT2D eigenvalue weighted by Gasteiger charge is 2.13. The Kier molecular flexibility index (Phi) is 15.0. The minimum absolute atomic E-state index is 0.122. The molecule has 0 saturated carbocycles. The molecule has 0 aliphatic heterocycles. The summed E-state index contributed by atoms with van der Waals surface area (Å²) in [6.45, 7) is 2.71. The zero-order valence-electron chi connectivity index (χ0n) is 11.8. The molecular weight excluding hydrogens is 272 g/mol. The second-order valence-electron chi connectivity index (χ2n) is 3.74. The molecule has 0 saturated heterocycles. The minimum atomic E-state index is -1.38. The number of hydrogen-bond acceptors (Lipinski definition) is 8. The fraction of sp³-hybridized carbons (Fsp3) is 0.833. The van der Waals surface area contributed by atoms with Gasteiger partial charge in [-0.3, -0.25) is 4.79 Å². The van der Waals surface area contributed by atoms with Crippen LogP contribution in [0, 0.1) is 0 Å². The summed E-state index contributed by atoms with van der Waals surface area (Å²) in [7, 11) is 0. The second kappa shape index (κ2) is 14.2. The zero-order valence-corrected chi connectivity index (χ0v) is 11.8. The van der Waals surface area contributed by atoms with E-state index in [-0.39, 0.29) is 32.2 Å². The van der Waals surface area contributed by atoms with E-state index >= 15 is 0 Å². The lowest BCUT2D eigenvalue weighted by Gasteiger charge is -2.06. The van der Waals surface area contributed by atoms with Crippen molar-refractivity contribution in [3.05, 3.63) is 0 Å². The largest absolute Gasteiger partial charge is 0.464 e. The predicted molar refractivity (Wildman–Crippen MR) is 68.7 cm³/mol. The van der Waals surface area contributed by atoms with Crippen LogP contribution in [-0.4, -0.2) is 71.0 Å². The maximum absolute atomic E-state index is 10.5. The maximum Gasteiger partial charge on any atom is 0.337 e. The summed E-state index contributed by atoms with van der Waals surface area (Å²) in [5.74, 6) is -1.13. The van der Waals surface area contributed by atoms with Crippen molar-refractivity contribution in [3.63, 3.8) is 0 Å². The minimum Gasteiger partial charge on any atom is -0.464 e. The van der Waals surface area contributed by atoms with Gasteiger partial charge in [-0.2, -0.15) is 0 Å². The van der Waals surface area contributed by atoms with Crippen LogP contribution in [0.15, 0.2) is 0 Å². The first-order valence-corrected chi connectivity index (χ1v) is 6.32. The summed E-state index contributed by atoms with van der Waals surface area (Å²) in [6.07, 6.45) is -1.33. The Hall–Kier alpha value is -1.22. The Morgan fingerprint density at radius 2 is 1.65 bits per heavy atom. The van der Waals surface area contributed by atoms with Gasteiger partial charge < -0.3 is 29.9 Å². The SMILES string of the molecule is CCC(=O)OCC(O)CO.CCCOC(=O)C(O)CO. The Balaban J connectivity index is 0. The molecule has 0 aromatic carbocycles. The number of ether oxygens (including phenoxy) is 2. The molecular formula is C12H24O8. The van der Waals surface area contributed by atoms with Gasteiger partial charge >= 0.3 is 11.9 Å². The second-order valence-corrected chi connectivity index (χ2v) is 3.74. The molecule has 0 aromatic rings. The molecule has 0 aliphatic rings. The topological polar surface area (TPSA) is 134 Å². The Morgan fingerprint density at radius 1 is 1.05 bits per heavy atom. The number of carbonyl (C=O) groups excluding carboxylic acids is 2. The van der Waals surface area contributed by atoms with Crippen LogP contribution in [-0.2, 0) is 19.1 Å². The molecule has 20 heavy (non-hydrogen) atoms. The molecule has 0 radical (unpaired) electrons. The van der Waals surface area contributed by atoms with E-state index in [1.54, 1.807) is 6.92 Å². The molecule has 0 fully saturated rings. The standard InChI is InChI=1S/2C6H12O4/c1-2-6(9)10-4-5(8)3-7;1-2-3-10-6(9)5(8)4-7/h2*5,7-8H,2-4H2,1H3. The van der Waals surface area contributed by atoms with Crippen molar-refractivity contribution in [2.75, 3.05) is 26.4 Å². The van der Waals surface area contributed by atoms with Crippen LogP contribution in [0.1, 0.15) is 26.7 Å². The molecule has 0 heterocycles. The molecule has 0 spiro atoms. The molecule has 2 atom stereocenters.